The van der Waals surface area contributed by atoms with Gasteiger partial charge in [0, 0.05) is 34.2 Å². The highest BCUT2D eigenvalue weighted by atomic mass is 127. The molecule has 2 aromatic carbocycles. The van der Waals surface area contributed by atoms with E-state index in [-0.39, 0.29) is 28.9 Å². The zero-order valence-corrected chi connectivity index (χ0v) is 20.8. The Hall–Kier alpha value is -1.65. The van der Waals surface area contributed by atoms with E-state index in [2.05, 4.69) is 53.7 Å². The summed E-state index contributed by atoms with van der Waals surface area (Å²) >= 11 is 0. The van der Waals surface area contributed by atoms with Gasteiger partial charge >= 0.3 is 0 Å². The highest BCUT2D eigenvalue weighted by Gasteiger charge is 2.16. The van der Waals surface area contributed by atoms with Crippen LogP contribution in [0.2, 0.25) is 0 Å². The molecular weight excluding hydrogens is 499 g/mol. The lowest BCUT2D eigenvalue weighted by atomic mass is 10.0. The second kappa shape index (κ2) is 11.5. The maximum absolute atomic E-state index is 12.1. The molecule has 0 spiro atoms. The SMILES string of the molecule is CN=C(NCc1ccc(S(=O)(=O)N(C)C)cc1)NCC(C)c1ccc(C)cc1.I. The van der Waals surface area contributed by atoms with Gasteiger partial charge in [0.1, 0.15) is 0 Å². The van der Waals surface area contributed by atoms with Gasteiger partial charge in [-0.05, 0) is 36.1 Å². The number of aliphatic imine (C=N–C) groups is 1. The standard InChI is InChI=1S/C21H30N4O2S.HI/c1-16-6-10-19(11-7-16)17(2)14-23-21(22-3)24-15-18-8-12-20(13-9-18)28(26,27)25(4)5;/h6-13,17H,14-15H2,1-5H3,(H2,22,23,24);1H. The van der Waals surface area contributed by atoms with Crippen LogP contribution in [0.15, 0.2) is 58.4 Å². The van der Waals surface area contributed by atoms with Crippen LogP contribution in [0, 0.1) is 6.92 Å². The van der Waals surface area contributed by atoms with Crippen LogP contribution < -0.4 is 10.6 Å². The van der Waals surface area contributed by atoms with E-state index in [0.29, 0.717) is 18.4 Å². The number of rotatable bonds is 7. The van der Waals surface area contributed by atoms with Crippen LogP contribution in [0.4, 0.5) is 0 Å². The Labute approximate surface area is 191 Å². The number of hydrogen-bond donors (Lipinski definition) is 2. The van der Waals surface area contributed by atoms with Crippen molar-refractivity contribution >= 4 is 40.0 Å². The molecular formula is C21H31IN4O2S. The van der Waals surface area contributed by atoms with Gasteiger partial charge in [0.25, 0.3) is 0 Å². The molecule has 6 nitrogen and oxygen atoms in total. The minimum absolute atomic E-state index is 0. The van der Waals surface area contributed by atoms with E-state index in [0.717, 1.165) is 12.1 Å². The summed E-state index contributed by atoms with van der Waals surface area (Å²) in [4.78, 5) is 4.54. The summed E-state index contributed by atoms with van der Waals surface area (Å²) in [7, 11) is 1.39. The first kappa shape index (κ1) is 25.4. The van der Waals surface area contributed by atoms with E-state index in [1.54, 1.807) is 19.2 Å². The number of nitrogens with zero attached hydrogens (tertiary/aromatic N) is 2. The van der Waals surface area contributed by atoms with Crippen LogP contribution in [0.25, 0.3) is 0 Å². The van der Waals surface area contributed by atoms with Crippen LogP contribution in [-0.2, 0) is 16.6 Å². The van der Waals surface area contributed by atoms with E-state index in [4.69, 9.17) is 0 Å². The fraction of sp³-hybridized carbons (Fsp3) is 0.381. The predicted octanol–water partition coefficient (Wildman–Crippen LogP) is 3.33. The number of aryl methyl sites for hydroxylation is 1. The Morgan fingerprint density at radius 1 is 1.03 bits per heavy atom. The molecule has 0 aromatic heterocycles. The van der Waals surface area contributed by atoms with Gasteiger partial charge in [-0.25, -0.2) is 12.7 Å². The zero-order chi connectivity index (χ0) is 20.7. The smallest absolute Gasteiger partial charge is 0.242 e. The van der Waals surface area contributed by atoms with Gasteiger partial charge in [-0.3, -0.25) is 4.99 Å². The minimum Gasteiger partial charge on any atom is -0.356 e. The van der Waals surface area contributed by atoms with Crippen LogP contribution in [0.5, 0.6) is 0 Å². The van der Waals surface area contributed by atoms with E-state index < -0.39 is 10.0 Å². The summed E-state index contributed by atoms with van der Waals surface area (Å²) < 4.78 is 25.5. The second-order valence-electron chi connectivity index (χ2n) is 7.05. The molecule has 2 aromatic rings. The number of nitrogens with one attached hydrogen (secondary N) is 2. The summed E-state index contributed by atoms with van der Waals surface area (Å²) in [6.07, 6.45) is 0. The summed E-state index contributed by atoms with van der Waals surface area (Å²) in [5.74, 6) is 1.07. The molecule has 1 unspecified atom stereocenters. The molecule has 0 radical (unpaired) electrons. The predicted molar refractivity (Wildman–Crippen MR) is 131 cm³/mol. The third kappa shape index (κ3) is 7.27. The lowest BCUT2D eigenvalue weighted by Gasteiger charge is -2.17. The number of guanidine groups is 1. The first-order valence-corrected chi connectivity index (χ1v) is 10.7. The molecule has 0 aliphatic rings. The molecule has 0 heterocycles. The van der Waals surface area contributed by atoms with Crippen molar-refractivity contribution in [2.24, 2.45) is 4.99 Å². The average Bonchev–Trinajstić information content (AvgIpc) is 2.68. The van der Waals surface area contributed by atoms with Crippen molar-refractivity contribution in [3.63, 3.8) is 0 Å². The quantitative estimate of drug-likeness (QED) is 0.327. The van der Waals surface area contributed by atoms with E-state index in [9.17, 15) is 8.42 Å². The van der Waals surface area contributed by atoms with Gasteiger partial charge in [0.15, 0.2) is 5.96 Å². The molecule has 2 rings (SSSR count). The van der Waals surface area contributed by atoms with Crippen LogP contribution in [-0.4, -0.2) is 46.4 Å². The van der Waals surface area contributed by atoms with Gasteiger partial charge in [-0.15, -0.1) is 24.0 Å². The molecule has 2 N–H and O–H groups in total. The lowest BCUT2D eigenvalue weighted by molar-refractivity contribution is 0.520. The number of hydrogen-bond acceptors (Lipinski definition) is 3. The Morgan fingerprint density at radius 3 is 2.14 bits per heavy atom. The molecule has 0 saturated heterocycles. The molecule has 0 bridgehead atoms. The maximum atomic E-state index is 12.1. The van der Waals surface area contributed by atoms with Gasteiger partial charge in [0.05, 0.1) is 4.90 Å². The van der Waals surface area contributed by atoms with E-state index in [1.807, 2.05) is 12.1 Å². The van der Waals surface area contributed by atoms with Gasteiger partial charge in [0.2, 0.25) is 10.0 Å². The van der Waals surface area contributed by atoms with Crippen molar-refractivity contribution < 1.29 is 8.42 Å². The average molecular weight is 530 g/mol. The molecule has 0 aliphatic carbocycles. The topological polar surface area (TPSA) is 73.8 Å². The molecule has 8 heteroatoms. The lowest BCUT2D eigenvalue weighted by Crippen LogP contribution is -2.38. The van der Waals surface area contributed by atoms with Crippen molar-refractivity contribution in [2.75, 3.05) is 27.7 Å². The summed E-state index contributed by atoms with van der Waals surface area (Å²) in [5, 5.41) is 6.60. The second-order valence-corrected chi connectivity index (χ2v) is 9.20. The van der Waals surface area contributed by atoms with Crippen LogP contribution >= 0.6 is 24.0 Å². The minimum atomic E-state index is -3.40. The van der Waals surface area contributed by atoms with Gasteiger partial charge in [-0.1, -0.05) is 48.9 Å². The Bertz CT molecular complexity index is 895. The first-order chi connectivity index (χ1) is 13.2. The Morgan fingerprint density at radius 2 is 1.62 bits per heavy atom. The summed E-state index contributed by atoms with van der Waals surface area (Å²) in [6.45, 7) is 5.58. The van der Waals surface area contributed by atoms with Crippen LogP contribution in [0.1, 0.15) is 29.5 Å². The third-order valence-corrected chi connectivity index (χ3v) is 6.44. The van der Waals surface area contributed by atoms with Crippen molar-refractivity contribution in [1.82, 2.24) is 14.9 Å². The third-order valence-electron chi connectivity index (χ3n) is 4.61. The molecule has 1 atom stereocenters. The Kier molecular flexibility index (Phi) is 10.1. The molecule has 29 heavy (non-hydrogen) atoms. The number of halogens is 1. The zero-order valence-electron chi connectivity index (χ0n) is 17.6. The largest absolute Gasteiger partial charge is 0.356 e. The van der Waals surface area contributed by atoms with E-state index >= 15 is 0 Å². The number of sulfonamides is 1. The monoisotopic (exact) mass is 530 g/mol. The Balaban J connectivity index is 0.00000420. The normalized spacial score (nSPS) is 13.0. The van der Waals surface area contributed by atoms with Crippen molar-refractivity contribution in [2.45, 2.75) is 31.2 Å². The van der Waals surface area contributed by atoms with Crippen molar-refractivity contribution in [3.8, 4) is 0 Å². The molecule has 0 saturated carbocycles. The highest BCUT2D eigenvalue weighted by molar-refractivity contribution is 14.0. The highest BCUT2D eigenvalue weighted by Crippen LogP contribution is 2.15. The van der Waals surface area contributed by atoms with Crippen LogP contribution in [0.3, 0.4) is 0 Å². The van der Waals surface area contributed by atoms with Gasteiger partial charge in [-0.2, -0.15) is 0 Å². The van der Waals surface area contributed by atoms with E-state index in [1.165, 1.54) is 29.5 Å². The number of benzene rings is 2. The molecule has 0 aliphatic heterocycles. The summed E-state index contributed by atoms with van der Waals surface area (Å²) in [6, 6.07) is 15.4. The van der Waals surface area contributed by atoms with Crippen molar-refractivity contribution in [1.29, 1.82) is 0 Å². The summed E-state index contributed by atoms with van der Waals surface area (Å²) in [5.41, 5.74) is 3.52. The first-order valence-electron chi connectivity index (χ1n) is 9.26. The fourth-order valence-electron chi connectivity index (χ4n) is 2.66. The molecule has 0 amide bonds. The molecule has 160 valence electrons. The van der Waals surface area contributed by atoms with Crippen molar-refractivity contribution in [3.05, 3.63) is 65.2 Å². The fourth-order valence-corrected chi connectivity index (χ4v) is 3.56. The van der Waals surface area contributed by atoms with Gasteiger partial charge < -0.3 is 10.6 Å². The maximum Gasteiger partial charge on any atom is 0.242 e. The molecule has 0 fully saturated rings.